The van der Waals surface area contributed by atoms with Crippen molar-refractivity contribution in [2.45, 2.75) is 26.3 Å². The monoisotopic (exact) mass is 278 g/mol. The van der Waals surface area contributed by atoms with Gasteiger partial charge in [-0.1, -0.05) is 26.3 Å². The van der Waals surface area contributed by atoms with Crippen LogP contribution in [-0.2, 0) is 0 Å². The van der Waals surface area contributed by atoms with Gasteiger partial charge in [0.15, 0.2) is 0 Å². The van der Waals surface area contributed by atoms with Crippen molar-refractivity contribution in [2.75, 3.05) is 33.3 Å². The van der Waals surface area contributed by atoms with Crippen LogP contribution in [0.3, 0.4) is 0 Å². The van der Waals surface area contributed by atoms with E-state index in [4.69, 9.17) is 4.74 Å². The summed E-state index contributed by atoms with van der Waals surface area (Å²) in [6.07, 6.45) is 1.08. The molecule has 1 aromatic carbocycles. The van der Waals surface area contributed by atoms with Gasteiger partial charge in [-0.15, -0.1) is 0 Å². The number of benzene rings is 1. The molecule has 2 N–H and O–H groups in total. The van der Waals surface area contributed by atoms with Gasteiger partial charge in [0.2, 0.25) is 0 Å². The van der Waals surface area contributed by atoms with Crippen molar-refractivity contribution in [3.8, 4) is 11.5 Å². The molecule has 0 bridgehead atoms. The predicted octanol–water partition coefficient (Wildman–Crippen LogP) is 2.39. The zero-order valence-corrected chi connectivity index (χ0v) is 12.7. The number of nitrogens with one attached hydrogen (secondary N) is 1. The van der Waals surface area contributed by atoms with Crippen LogP contribution in [-0.4, -0.2) is 43.3 Å². The van der Waals surface area contributed by atoms with Crippen molar-refractivity contribution < 1.29 is 9.84 Å². The number of hydrogen-bond donors (Lipinski definition) is 2. The Kier molecular flexibility index (Phi) is 5.26. The maximum atomic E-state index is 10.3. The second-order valence-corrected chi connectivity index (χ2v) is 5.51. The van der Waals surface area contributed by atoms with Gasteiger partial charge >= 0.3 is 0 Å². The average molecular weight is 278 g/mol. The van der Waals surface area contributed by atoms with Crippen molar-refractivity contribution in [3.05, 3.63) is 23.8 Å². The molecular weight excluding hydrogens is 252 g/mol. The van der Waals surface area contributed by atoms with E-state index in [9.17, 15) is 5.11 Å². The first-order valence-corrected chi connectivity index (χ1v) is 7.49. The lowest BCUT2D eigenvalue weighted by Gasteiger charge is -2.39. The third-order valence-electron chi connectivity index (χ3n) is 4.29. The van der Waals surface area contributed by atoms with Gasteiger partial charge in [0.25, 0.3) is 0 Å². The first kappa shape index (κ1) is 15.1. The quantitative estimate of drug-likeness (QED) is 0.868. The summed E-state index contributed by atoms with van der Waals surface area (Å²) in [7, 11) is 1.67. The van der Waals surface area contributed by atoms with Crippen LogP contribution < -0.4 is 10.1 Å². The van der Waals surface area contributed by atoms with E-state index in [1.165, 1.54) is 0 Å². The fourth-order valence-corrected chi connectivity index (χ4v) is 3.02. The average Bonchev–Trinajstić information content (AvgIpc) is 2.50. The van der Waals surface area contributed by atoms with Crippen LogP contribution in [0.25, 0.3) is 0 Å². The maximum Gasteiger partial charge on any atom is 0.127 e. The number of hydrogen-bond acceptors (Lipinski definition) is 4. The molecule has 1 unspecified atom stereocenters. The third kappa shape index (κ3) is 3.07. The van der Waals surface area contributed by atoms with E-state index >= 15 is 0 Å². The van der Waals surface area contributed by atoms with Crippen LogP contribution in [0, 0.1) is 5.92 Å². The molecule has 0 radical (unpaired) electrons. The molecule has 1 fully saturated rings. The van der Waals surface area contributed by atoms with Crippen molar-refractivity contribution in [1.82, 2.24) is 10.2 Å². The second kappa shape index (κ2) is 6.95. The molecule has 1 aliphatic rings. The SMILES string of the molecule is CCC(C)[C@@H](c1c(O)cccc1OC)N1CCNCC1. The van der Waals surface area contributed by atoms with Crippen LogP contribution in [0.2, 0.25) is 0 Å². The number of piperazine rings is 1. The van der Waals surface area contributed by atoms with Gasteiger partial charge in [-0.05, 0) is 18.1 Å². The third-order valence-corrected chi connectivity index (χ3v) is 4.29. The molecule has 0 spiro atoms. The smallest absolute Gasteiger partial charge is 0.127 e. The molecule has 0 amide bonds. The summed E-state index contributed by atoms with van der Waals surface area (Å²) in [4.78, 5) is 2.46. The highest BCUT2D eigenvalue weighted by atomic mass is 16.5. The van der Waals surface area contributed by atoms with E-state index in [1.54, 1.807) is 13.2 Å². The van der Waals surface area contributed by atoms with Crippen molar-refractivity contribution in [3.63, 3.8) is 0 Å². The largest absolute Gasteiger partial charge is 0.507 e. The molecule has 1 heterocycles. The second-order valence-electron chi connectivity index (χ2n) is 5.51. The molecule has 0 saturated carbocycles. The van der Waals surface area contributed by atoms with Crippen LogP contribution in [0.4, 0.5) is 0 Å². The molecule has 112 valence electrons. The lowest BCUT2D eigenvalue weighted by Crippen LogP contribution is -2.46. The fourth-order valence-electron chi connectivity index (χ4n) is 3.02. The molecule has 2 rings (SSSR count). The zero-order valence-electron chi connectivity index (χ0n) is 12.7. The van der Waals surface area contributed by atoms with E-state index < -0.39 is 0 Å². The Balaban J connectivity index is 2.40. The minimum Gasteiger partial charge on any atom is -0.507 e. The topological polar surface area (TPSA) is 44.7 Å². The van der Waals surface area contributed by atoms with E-state index in [0.717, 1.165) is 43.9 Å². The predicted molar refractivity (Wildman–Crippen MR) is 81.3 cm³/mol. The van der Waals surface area contributed by atoms with Crippen molar-refractivity contribution >= 4 is 0 Å². The number of phenols is 1. The standard InChI is InChI=1S/C16H26N2O2/c1-4-12(2)16(18-10-8-17-9-11-18)15-13(19)6-5-7-14(15)20-3/h5-7,12,16-17,19H,4,8-11H2,1-3H3/t12?,16-/m0/s1. The van der Waals surface area contributed by atoms with Crippen LogP contribution in [0.15, 0.2) is 18.2 Å². The van der Waals surface area contributed by atoms with E-state index in [-0.39, 0.29) is 6.04 Å². The van der Waals surface area contributed by atoms with Gasteiger partial charge in [0, 0.05) is 32.2 Å². The highest BCUT2D eigenvalue weighted by Crippen LogP contribution is 2.41. The first-order valence-electron chi connectivity index (χ1n) is 7.49. The highest BCUT2D eigenvalue weighted by Gasteiger charge is 2.30. The van der Waals surface area contributed by atoms with Gasteiger partial charge in [0.1, 0.15) is 11.5 Å². The zero-order chi connectivity index (χ0) is 14.5. The number of aromatic hydroxyl groups is 1. The van der Waals surface area contributed by atoms with Crippen LogP contribution in [0.1, 0.15) is 31.9 Å². The number of nitrogens with zero attached hydrogens (tertiary/aromatic N) is 1. The Hall–Kier alpha value is -1.26. The molecule has 0 aromatic heterocycles. The Labute approximate surface area is 121 Å². The Morgan fingerprint density at radius 3 is 2.65 bits per heavy atom. The summed E-state index contributed by atoms with van der Waals surface area (Å²) in [5.74, 6) is 1.59. The highest BCUT2D eigenvalue weighted by molar-refractivity contribution is 5.46. The summed E-state index contributed by atoms with van der Waals surface area (Å²) in [5.41, 5.74) is 0.936. The summed E-state index contributed by atoms with van der Waals surface area (Å²) >= 11 is 0. The van der Waals surface area contributed by atoms with E-state index in [0.29, 0.717) is 11.7 Å². The summed E-state index contributed by atoms with van der Waals surface area (Å²) in [5, 5.41) is 13.7. The Bertz CT molecular complexity index is 430. The van der Waals surface area contributed by atoms with Gasteiger partial charge < -0.3 is 15.2 Å². The van der Waals surface area contributed by atoms with Crippen LogP contribution >= 0.6 is 0 Å². The lowest BCUT2D eigenvalue weighted by molar-refractivity contribution is 0.123. The summed E-state index contributed by atoms with van der Waals surface area (Å²) < 4.78 is 5.49. The van der Waals surface area contributed by atoms with E-state index in [2.05, 4.69) is 24.1 Å². The molecule has 0 aliphatic carbocycles. The number of rotatable bonds is 5. The molecular formula is C16H26N2O2. The Morgan fingerprint density at radius 1 is 1.35 bits per heavy atom. The number of methoxy groups -OCH3 is 1. The molecule has 4 nitrogen and oxygen atoms in total. The van der Waals surface area contributed by atoms with Gasteiger partial charge in [-0.2, -0.15) is 0 Å². The molecule has 1 saturated heterocycles. The summed E-state index contributed by atoms with van der Waals surface area (Å²) in [6.45, 7) is 8.47. The van der Waals surface area contributed by atoms with Crippen molar-refractivity contribution in [1.29, 1.82) is 0 Å². The molecule has 2 atom stereocenters. The van der Waals surface area contributed by atoms with Gasteiger partial charge in [-0.3, -0.25) is 4.90 Å². The molecule has 1 aliphatic heterocycles. The van der Waals surface area contributed by atoms with Gasteiger partial charge in [-0.25, -0.2) is 0 Å². The van der Waals surface area contributed by atoms with Crippen molar-refractivity contribution in [2.24, 2.45) is 5.92 Å². The minimum atomic E-state index is 0.207. The number of phenolic OH excluding ortho intramolecular Hbond substituents is 1. The fraction of sp³-hybridized carbons (Fsp3) is 0.625. The van der Waals surface area contributed by atoms with E-state index in [1.807, 2.05) is 12.1 Å². The maximum absolute atomic E-state index is 10.3. The first-order chi connectivity index (χ1) is 9.69. The lowest BCUT2D eigenvalue weighted by atomic mass is 9.89. The number of ether oxygens (including phenoxy) is 1. The van der Waals surface area contributed by atoms with Crippen LogP contribution in [0.5, 0.6) is 11.5 Å². The minimum absolute atomic E-state index is 0.207. The Morgan fingerprint density at radius 2 is 2.05 bits per heavy atom. The molecule has 4 heteroatoms. The summed E-state index contributed by atoms with van der Waals surface area (Å²) in [6, 6.07) is 5.74. The van der Waals surface area contributed by atoms with Gasteiger partial charge in [0.05, 0.1) is 12.7 Å². The normalized spacial score (nSPS) is 19.6. The molecule has 20 heavy (non-hydrogen) atoms. The molecule has 1 aromatic rings.